The van der Waals surface area contributed by atoms with Gasteiger partial charge in [0.25, 0.3) is 5.76 Å². The normalized spacial score (nSPS) is 9.73. The molecule has 1 heterocycles. The van der Waals surface area contributed by atoms with Crippen molar-refractivity contribution in [2.24, 2.45) is 0 Å². The number of carbonyl (C=O) groups excluding carboxylic acids is 1. The number of aryl methyl sites for hydroxylation is 1. The number of hydrogen-bond acceptors (Lipinski definition) is 4. The molecule has 11 heavy (non-hydrogen) atoms. The smallest absolute Gasteiger partial charge is 0.378 e. The van der Waals surface area contributed by atoms with Crippen LogP contribution in [-0.4, -0.2) is 18.2 Å². The van der Waals surface area contributed by atoms with Crippen molar-refractivity contribution in [1.82, 2.24) is 5.16 Å². The summed E-state index contributed by atoms with van der Waals surface area (Å²) in [4.78, 5) is 10.9. The molecule has 5 heteroatoms. The first-order chi connectivity index (χ1) is 5.16. The maximum atomic E-state index is 10.9. The Labute approximate surface area is 77.0 Å². The summed E-state index contributed by atoms with van der Waals surface area (Å²) >= 11 is 1.98. The van der Waals surface area contributed by atoms with Gasteiger partial charge in [-0.1, -0.05) is 5.16 Å². The number of rotatable bonds is 1. The SMILES string of the molecule is COC(=O)c1onc(C)c1I. The minimum Gasteiger partial charge on any atom is -0.463 e. The molecule has 0 spiro atoms. The molecule has 0 N–H and O–H groups in total. The molecule has 0 fully saturated rings. The van der Waals surface area contributed by atoms with Crippen molar-refractivity contribution in [3.63, 3.8) is 0 Å². The van der Waals surface area contributed by atoms with Crippen LogP contribution in [0.3, 0.4) is 0 Å². The minimum absolute atomic E-state index is 0.172. The lowest BCUT2D eigenvalue weighted by Gasteiger charge is -1.91. The molecule has 0 unspecified atom stereocenters. The van der Waals surface area contributed by atoms with E-state index in [0.717, 1.165) is 0 Å². The molecule has 1 aromatic heterocycles. The highest BCUT2D eigenvalue weighted by atomic mass is 127. The Morgan fingerprint density at radius 1 is 1.73 bits per heavy atom. The third kappa shape index (κ3) is 1.52. The Morgan fingerprint density at radius 3 is 2.73 bits per heavy atom. The molecule has 1 rings (SSSR count). The van der Waals surface area contributed by atoms with Crippen molar-refractivity contribution in [3.8, 4) is 0 Å². The fourth-order valence-corrected chi connectivity index (χ4v) is 0.995. The van der Waals surface area contributed by atoms with E-state index in [0.29, 0.717) is 9.26 Å². The standard InChI is InChI=1S/C6H6INO3/c1-3-4(7)5(11-8-3)6(9)10-2/h1-2H3. The molecule has 0 saturated carbocycles. The first kappa shape index (κ1) is 8.51. The quantitative estimate of drug-likeness (QED) is 0.569. The van der Waals surface area contributed by atoms with E-state index in [4.69, 9.17) is 4.52 Å². The predicted molar refractivity (Wildman–Crippen MR) is 45.3 cm³/mol. The second-order valence-electron chi connectivity index (χ2n) is 1.90. The zero-order valence-electron chi connectivity index (χ0n) is 6.05. The fraction of sp³-hybridized carbons (Fsp3) is 0.333. The van der Waals surface area contributed by atoms with Crippen molar-refractivity contribution < 1.29 is 14.1 Å². The van der Waals surface area contributed by atoms with Gasteiger partial charge in [-0.25, -0.2) is 4.79 Å². The summed E-state index contributed by atoms with van der Waals surface area (Å²) in [5.41, 5.74) is 0.700. The average Bonchev–Trinajstić information content (AvgIpc) is 2.32. The van der Waals surface area contributed by atoms with Gasteiger partial charge >= 0.3 is 5.97 Å². The molecule has 0 bridgehead atoms. The van der Waals surface area contributed by atoms with E-state index >= 15 is 0 Å². The van der Waals surface area contributed by atoms with Crippen molar-refractivity contribution in [2.45, 2.75) is 6.92 Å². The summed E-state index contributed by atoms with van der Waals surface area (Å²) in [5.74, 6) is -0.319. The summed E-state index contributed by atoms with van der Waals surface area (Å²) in [6.07, 6.45) is 0. The van der Waals surface area contributed by atoms with Crippen molar-refractivity contribution in [3.05, 3.63) is 15.0 Å². The lowest BCUT2D eigenvalue weighted by atomic mass is 10.4. The molecule has 0 aliphatic rings. The Morgan fingerprint density at radius 2 is 2.36 bits per heavy atom. The number of methoxy groups -OCH3 is 1. The maximum Gasteiger partial charge on any atom is 0.378 e. The lowest BCUT2D eigenvalue weighted by molar-refractivity contribution is 0.0553. The van der Waals surface area contributed by atoms with Gasteiger partial charge in [0.15, 0.2) is 0 Å². The molecule has 4 nitrogen and oxygen atoms in total. The predicted octanol–water partition coefficient (Wildman–Crippen LogP) is 1.37. The van der Waals surface area contributed by atoms with Crippen LogP contribution in [0.25, 0.3) is 0 Å². The Balaban J connectivity index is 3.04. The van der Waals surface area contributed by atoms with Gasteiger partial charge in [-0.15, -0.1) is 0 Å². The van der Waals surface area contributed by atoms with Crippen molar-refractivity contribution >= 4 is 28.6 Å². The summed E-state index contributed by atoms with van der Waals surface area (Å²) in [5, 5.41) is 3.60. The Kier molecular flexibility index (Phi) is 2.48. The van der Waals surface area contributed by atoms with E-state index in [-0.39, 0.29) is 5.76 Å². The average molecular weight is 267 g/mol. The van der Waals surface area contributed by atoms with Gasteiger partial charge in [0, 0.05) is 0 Å². The molecule has 0 saturated heterocycles. The van der Waals surface area contributed by atoms with Gasteiger partial charge in [0.05, 0.1) is 16.4 Å². The van der Waals surface area contributed by atoms with Crippen LogP contribution in [0.1, 0.15) is 16.2 Å². The van der Waals surface area contributed by atoms with Gasteiger partial charge in [-0.05, 0) is 29.5 Å². The van der Waals surface area contributed by atoms with Gasteiger partial charge in [-0.2, -0.15) is 0 Å². The van der Waals surface area contributed by atoms with Crippen molar-refractivity contribution in [2.75, 3.05) is 7.11 Å². The van der Waals surface area contributed by atoms with E-state index in [2.05, 4.69) is 9.89 Å². The second-order valence-corrected chi connectivity index (χ2v) is 2.98. The number of carbonyl (C=O) groups is 1. The zero-order chi connectivity index (χ0) is 8.43. The first-order valence-electron chi connectivity index (χ1n) is 2.87. The molecule has 0 aliphatic heterocycles. The third-order valence-electron chi connectivity index (χ3n) is 1.16. The maximum absolute atomic E-state index is 10.9. The second kappa shape index (κ2) is 3.21. The fourth-order valence-electron chi connectivity index (χ4n) is 0.578. The number of esters is 1. The number of nitrogens with zero attached hydrogens (tertiary/aromatic N) is 1. The summed E-state index contributed by atoms with van der Waals surface area (Å²) in [6.45, 7) is 1.76. The highest BCUT2D eigenvalue weighted by Crippen LogP contribution is 2.16. The van der Waals surface area contributed by atoms with Gasteiger partial charge in [0.1, 0.15) is 0 Å². The van der Waals surface area contributed by atoms with Crippen LogP contribution in [-0.2, 0) is 4.74 Å². The lowest BCUT2D eigenvalue weighted by Crippen LogP contribution is -2.00. The third-order valence-corrected chi connectivity index (χ3v) is 2.43. The Bertz CT molecular complexity index is 281. The molecule has 1 aromatic rings. The summed E-state index contributed by atoms with van der Waals surface area (Å²) in [6, 6.07) is 0. The highest BCUT2D eigenvalue weighted by molar-refractivity contribution is 14.1. The van der Waals surface area contributed by atoms with Crippen LogP contribution < -0.4 is 0 Å². The number of hydrogen-bond donors (Lipinski definition) is 0. The monoisotopic (exact) mass is 267 g/mol. The molecule has 0 radical (unpaired) electrons. The van der Waals surface area contributed by atoms with E-state index in [1.54, 1.807) is 6.92 Å². The van der Waals surface area contributed by atoms with Crippen LogP contribution >= 0.6 is 22.6 Å². The zero-order valence-corrected chi connectivity index (χ0v) is 8.21. The van der Waals surface area contributed by atoms with Crippen LogP contribution in [0, 0.1) is 10.5 Å². The van der Waals surface area contributed by atoms with E-state index in [1.807, 2.05) is 22.6 Å². The first-order valence-corrected chi connectivity index (χ1v) is 3.94. The molecule has 0 aliphatic carbocycles. The number of aromatic nitrogens is 1. The molecular formula is C6H6INO3. The summed E-state index contributed by atoms with van der Waals surface area (Å²) in [7, 11) is 1.30. The molecule has 0 amide bonds. The highest BCUT2D eigenvalue weighted by Gasteiger charge is 2.17. The van der Waals surface area contributed by atoms with Crippen molar-refractivity contribution in [1.29, 1.82) is 0 Å². The van der Waals surface area contributed by atoms with Crippen LogP contribution in [0.15, 0.2) is 4.52 Å². The van der Waals surface area contributed by atoms with E-state index < -0.39 is 5.97 Å². The molecule has 0 atom stereocenters. The number of halogens is 1. The minimum atomic E-state index is -0.491. The molecule has 60 valence electrons. The topological polar surface area (TPSA) is 52.3 Å². The van der Waals surface area contributed by atoms with Gasteiger partial charge in [-0.3, -0.25) is 0 Å². The summed E-state index contributed by atoms with van der Waals surface area (Å²) < 4.78 is 9.87. The Hall–Kier alpha value is -0.590. The van der Waals surface area contributed by atoms with E-state index in [9.17, 15) is 4.79 Å². The van der Waals surface area contributed by atoms with Crippen LogP contribution in [0.4, 0.5) is 0 Å². The van der Waals surface area contributed by atoms with Gasteiger partial charge in [0.2, 0.25) is 0 Å². The van der Waals surface area contributed by atoms with E-state index in [1.165, 1.54) is 7.11 Å². The van der Waals surface area contributed by atoms with Gasteiger partial charge < -0.3 is 9.26 Å². The van der Waals surface area contributed by atoms with Crippen LogP contribution in [0.5, 0.6) is 0 Å². The molecular weight excluding hydrogens is 261 g/mol. The van der Waals surface area contributed by atoms with Crippen LogP contribution in [0.2, 0.25) is 0 Å². The molecule has 0 aromatic carbocycles. The number of ether oxygens (including phenoxy) is 1. The largest absolute Gasteiger partial charge is 0.463 e.